The average molecular weight is 1090 g/mol. The zero-order chi connectivity index (χ0) is 53.4. The fourth-order valence-corrected chi connectivity index (χ4v) is 18.2. The minimum atomic E-state index is 0.453. The highest BCUT2D eigenvalue weighted by Gasteiger charge is 2.35. The van der Waals surface area contributed by atoms with Crippen LogP contribution in [0.25, 0.3) is 158 Å². The van der Waals surface area contributed by atoms with Gasteiger partial charge in [0, 0.05) is 104 Å². The van der Waals surface area contributed by atoms with Crippen molar-refractivity contribution in [2.24, 2.45) is 0 Å². The summed E-state index contributed by atoms with van der Waals surface area (Å²) in [4.78, 5) is 0. The number of rotatable bonds is 4. The van der Waals surface area contributed by atoms with Gasteiger partial charge in [0.05, 0.1) is 54.0 Å². The van der Waals surface area contributed by atoms with Crippen molar-refractivity contribution in [2.45, 2.75) is 27.7 Å². The first-order chi connectivity index (χ1) is 39.3. The van der Waals surface area contributed by atoms with Crippen molar-refractivity contribution in [1.29, 1.82) is 10.5 Å². The van der Waals surface area contributed by atoms with Crippen molar-refractivity contribution in [3.8, 4) is 45.8 Å². The van der Waals surface area contributed by atoms with E-state index < -0.39 is 0 Å². The van der Waals surface area contributed by atoms with Gasteiger partial charge < -0.3 is 9.13 Å². The molecule has 8 heteroatoms. The summed E-state index contributed by atoms with van der Waals surface area (Å²) in [5.41, 5.74) is 14.5. The topological polar surface area (TPSA) is 57.4 Å². The number of hydrogen-bond acceptors (Lipinski definition) is 6. The molecule has 17 aromatic rings. The Morgan fingerprint density at radius 3 is 1.12 bits per heavy atom. The van der Waals surface area contributed by atoms with Crippen LogP contribution in [0.5, 0.6) is 0 Å². The zero-order valence-electron chi connectivity index (χ0n) is 43.7. The van der Waals surface area contributed by atoms with Crippen LogP contribution in [-0.4, -0.2) is 9.13 Å². The van der Waals surface area contributed by atoms with E-state index in [1.807, 2.05) is 22.7 Å². The second-order valence-electron chi connectivity index (χ2n) is 21.4. The summed E-state index contributed by atoms with van der Waals surface area (Å²) in [5.74, 6) is 0. The Morgan fingerprint density at radius 1 is 0.325 bits per heavy atom. The van der Waals surface area contributed by atoms with Crippen molar-refractivity contribution >= 4 is 170 Å². The van der Waals surface area contributed by atoms with Crippen LogP contribution in [0, 0.1) is 50.4 Å². The number of nitriles is 2. The zero-order valence-corrected chi connectivity index (χ0v) is 47.0. The Kier molecular flexibility index (Phi) is 9.58. The molecular formula is C72H42N4S4. The molecule has 0 fully saturated rings. The van der Waals surface area contributed by atoms with E-state index in [9.17, 15) is 10.5 Å². The highest BCUT2D eigenvalue weighted by Crippen LogP contribution is 2.55. The molecule has 4 nitrogen and oxygen atoms in total. The Morgan fingerprint density at radius 2 is 0.688 bits per heavy atom. The summed E-state index contributed by atoms with van der Waals surface area (Å²) in [6.07, 6.45) is 0. The largest absolute Gasteiger partial charge is 0.306 e. The second-order valence-corrected chi connectivity index (χ2v) is 25.7. The molecule has 0 aliphatic carbocycles. The van der Waals surface area contributed by atoms with E-state index in [2.05, 4.69) is 231 Å². The lowest BCUT2D eigenvalue weighted by atomic mass is 9.84. The molecule has 0 saturated heterocycles. The van der Waals surface area contributed by atoms with Gasteiger partial charge in [-0.2, -0.15) is 10.5 Å². The normalized spacial score (nSPS) is 12.2. The third kappa shape index (κ3) is 6.06. The van der Waals surface area contributed by atoms with Crippen LogP contribution < -0.4 is 0 Å². The molecule has 374 valence electrons. The predicted molar refractivity (Wildman–Crippen MR) is 346 cm³/mol. The minimum Gasteiger partial charge on any atom is -0.306 e. The molecular weight excluding hydrogens is 1050 g/mol. The van der Waals surface area contributed by atoms with Gasteiger partial charge in [0.15, 0.2) is 0 Å². The van der Waals surface area contributed by atoms with Gasteiger partial charge in [-0.1, -0.05) is 121 Å². The maximum Gasteiger partial charge on any atom is 0.102 e. The van der Waals surface area contributed by atoms with Gasteiger partial charge in [-0.05, 0) is 122 Å². The van der Waals surface area contributed by atoms with Crippen molar-refractivity contribution < 1.29 is 0 Å². The molecule has 0 atom stereocenters. The molecule has 0 N–H and O–H groups in total. The average Bonchev–Trinajstić information content (AvgIpc) is 4.50. The van der Waals surface area contributed by atoms with Crippen LogP contribution in [0.2, 0.25) is 0 Å². The summed E-state index contributed by atoms with van der Waals surface area (Å²) in [6.45, 7) is 8.81. The van der Waals surface area contributed by atoms with Crippen LogP contribution in [0.4, 0.5) is 0 Å². The molecule has 0 aliphatic rings. The fraction of sp³-hybridized carbons (Fsp3) is 0.0556. The molecule has 0 radical (unpaired) electrons. The number of hydrogen-bond donors (Lipinski definition) is 0. The van der Waals surface area contributed by atoms with Gasteiger partial charge in [-0.15, -0.1) is 45.3 Å². The number of aryl methyl sites for hydroxylation is 4. The van der Waals surface area contributed by atoms with Crippen molar-refractivity contribution in [1.82, 2.24) is 9.13 Å². The monoisotopic (exact) mass is 1090 g/mol. The Labute approximate surface area is 474 Å². The lowest BCUT2D eigenvalue weighted by Gasteiger charge is -2.26. The minimum absolute atomic E-state index is 0.453. The lowest BCUT2D eigenvalue weighted by molar-refractivity contribution is 1.13. The lowest BCUT2D eigenvalue weighted by Crippen LogP contribution is -2.11. The number of nitrogens with zero attached hydrogens (tertiary/aromatic N) is 4. The molecule has 0 aliphatic heterocycles. The smallest absolute Gasteiger partial charge is 0.102 e. The predicted octanol–water partition coefficient (Wildman–Crippen LogP) is 21.7. The molecule has 80 heavy (non-hydrogen) atoms. The van der Waals surface area contributed by atoms with Crippen LogP contribution >= 0.6 is 45.3 Å². The maximum absolute atomic E-state index is 12.8. The maximum atomic E-state index is 12.8. The summed E-state index contributed by atoms with van der Waals surface area (Å²) in [6, 6.07) is 72.5. The molecule has 0 spiro atoms. The molecule has 0 unspecified atom stereocenters. The Hall–Kier alpha value is -9.12. The third-order valence-corrected chi connectivity index (χ3v) is 21.9. The highest BCUT2D eigenvalue weighted by atomic mass is 32.1. The summed E-state index contributed by atoms with van der Waals surface area (Å²) in [5, 5.41) is 39.2. The Bertz CT molecular complexity index is 5520. The van der Waals surface area contributed by atoms with Crippen LogP contribution in [0.1, 0.15) is 33.4 Å². The second kappa shape index (κ2) is 16.7. The van der Waals surface area contributed by atoms with Gasteiger partial charge in [0.2, 0.25) is 0 Å². The van der Waals surface area contributed by atoms with Gasteiger partial charge in [-0.25, -0.2) is 0 Å². The first kappa shape index (κ1) is 45.9. The number of thiophene rings is 4. The molecule has 6 aromatic heterocycles. The number of aromatic nitrogens is 2. The standard InChI is InChI=1S/C72H42N4S4/c1-37-31-51-43-27-29-45-41-15-5-9-21-57(41)79-71(45)69(43)75(55(51)33-39(37)3)67-53(35-73)63(49-19-13-25-61-64(49)47-17-7-11-23-59(47)77-61)54(36-74)68(66(67)50-20-14-26-62-65(50)48-18-8-12-24-60(48)78-62)76-56-34-40(4)38(2)32-52(56)44-28-30-46-42-16-6-10-22-58(42)80-72(46)70(44)76/h5-34H,1-4H3. The van der Waals surface area contributed by atoms with Crippen LogP contribution in [-0.2, 0) is 0 Å². The van der Waals surface area contributed by atoms with E-state index in [1.165, 1.54) is 46.8 Å². The SMILES string of the molecule is Cc1cc2c3ccc4c5ccccc5sc4c3n(-c3c(C#N)c(-c4cccc5sc6ccccc6c45)c(C#N)c(-n4c5cc(C)c(C)cc5c5ccc6c7ccccc7sc6c54)c3-c3cccc4sc5ccccc5c34)c2cc1C. The molecule has 11 aromatic carbocycles. The molecule has 0 amide bonds. The molecule has 0 saturated carbocycles. The molecule has 0 bridgehead atoms. The van der Waals surface area contributed by atoms with Crippen molar-refractivity contribution in [3.05, 3.63) is 215 Å². The summed E-state index contributed by atoms with van der Waals surface area (Å²) < 4.78 is 14.2. The molecule has 6 heterocycles. The van der Waals surface area contributed by atoms with Gasteiger partial charge in [-0.3, -0.25) is 0 Å². The van der Waals surface area contributed by atoms with E-state index in [4.69, 9.17) is 0 Å². The van der Waals surface area contributed by atoms with E-state index in [-0.39, 0.29) is 0 Å². The molecule has 17 rings (SSSR count). The van der Waals surface area contributed by atoms with Crippen molar-refractivity contribution in [2.75, 3.05) is 0 Å². The fourth-order valence-electron chi connectivity index (χ4n) is 13.4. The van der Waals surface area contributed by atoms with Crippen LogP contribution in [0.15, 0.2) is 182 Å². The number of fused-ring (bicyclic) bond motifs is 20. The van der Waals surface area contributed by atoms with Gasteiger partial charge >= 0.3 is 0 Å². The first-order valence-corrected chi connectivity index (χ1v) is 30.1. The van der Waals surface area contributed by atoms with Crippen molar-refractivity contribution in [3.63, 3.8) is 0 Å². The van der Waals surface area contributed by atoms with E-state index in [0.717, 1.165) is 128 Å². The van der Waals surface area contributed by atoms with Gasteiger partial charge in [0.1, 0.15) is 12.1 Å². The third-order valence-electron chi connectivity index (χ3n) is 17.2. The van der Waals surface area contributed by atoms with Crippen LogP contribution in [0.3, 0.4) is 0 Å². The summed E-state index contributed by atoms with van der Waals surface area (Å²) in [7, 11) is 0. The van der Waals surface area contributed by atoms with E-state index in [0.29, 0.717) is 16.7 Å². The van der Waals surface area contributed by atoms with E-state index >= 15 is 0 Å². The van der Waals surface area contributed by atoms with E-state index in [1.54, 1.807) is 22.7 Å². The Balaban J connectivity index is 1.22. The van der Waals surface area contributed by atoms with Gasteiger partial charge in [0.25, 0.3) is 0 Å². The first-order valence-electron chi connectivity index (χ1n) is 26.9. The quantitative estimate of drug-likeness (QED) is 0.176. The number of benzene rings is 11. The highest BCUT2D eigenvalue weighted by molar-refractivity contribution is 7.27. The summed E-state index contributed by atoms with van der Waals surface area (Å²) >= 11 is 7.16.